The zero-order chi connectivity index (χ0) is 24.7. The van der Waals surface area contributed by atoms with Crippen LogP contribution < -0.4 is 0 Å². The number of carbonyl (C=O) groups excluding carboxylic acids is 1. The lowest BCUT2D eigenvalue weighted by Gasteiger charge is -2.50. The van der Waals surface area contributed by atoms with Crippen LogP contribution in [0, 0.1) is 0 Å². The lowest BCUT2D eigenvalue weighted by atomic mass is 9.95. The molecular weight excluding hydrogens is 477 g/mol. The zero-order valence-corrected chi connectivity index (χ0v) is 26.1. The SMILES string of the molecule is COC(=O)CCCCC[C@@H]1O[C@H](SC)[C@@H](O[Si](C)(C)C)[C@H](O[Si](C)(C)C)[C@@H]1O[Si](C)(C)C. The molecule has 0 bridgehead atoms. The standard InChI is InChI=1S/C22H48O6SSi3/c1-24-18(23)16-14-12-13-15-17-19(26-30(3,4)5)20(27-31(6,7)8)21(22(25-17)29-2)28-32(9,10)11/h17,19-22H,12-16H2,1-11H3/t17-,19+,20+,21-,22+/m0/s1. The second-order valence-corrected chi connectivity index (χ2v) is 25.9. The van der Waals surface area contributed by atoms with Gasteiger partial charge in [0.1, 0.15) is 17.6 Å². The summed E-state index contributed by atoms with van der Waals surface area (Å²) in [5.41, 5.74) is -0.0790. The highest BCUT2D eigenvalue weighted by Gasteiger charge is 2.50. The Morgan fingerprint density at radius 3 is 1.75 bits per heavy atom. The molecule has 0 spiro atoms. The molecule has 1 heterocycles. The summed E-state index contributed by atoms with van der Waals surface area (Å²) in [7, 11) is -4.10. The Morgan fingerprint density at radius 1 is 0.781 bits per heavy atom. The predicted molar refractivity (Wildman–Crippen MR) is 142 cm³/mol. The van der Waals surface area contributed by atoms with Crippen molar-refractivity contribution in [2.75, 3.05) is 13.4 Å². The number of esters is 1. The molecule has 0 saturated carbocycles. The van der Waals surface area contributed by atoms with E-state index in [2.05, 4.69) is 65.2 Å². The molecule has 5 atom stereocenters. The first-order valence-electron chi connectivity index (χ1n) is 11.8. The van der Waals surface area contributed by atoms with Gasteiger partial charge in [0.15, 0.2) is 25.0 Å². The van der Waals surface area contributed by atoms with Crippen molar-refractivity contribution in [2.45, 2.75) is 121 Å². The third-order valence-electron chi connectivity index (χ3n) is 4.89. The number of ether oxygens (including phenoxy) is 2. The van der Waals surface area contributed by atoms with E-state index in [0.717, 1.165) is 25.7 Å². The van der Waals surface area contributed by atoms with Gasteiger partial charge in [0, 0.05) is 6.42 Å². The molecule has 6 nitrogen and oxygen atoms in total. The fourth-order valence-corrected chi connectivity index (χ4v) is 7.91. The van der Waals surface area contributed by atoms with Crippen molar-refractivity contribution in [3.05, 3.63) is 0 Å². The lowest BCUT2D eigenvalue weighted by Crippen LogP contribution is -2.64. The molecule has 1 aliphatic heterocycles. The largest absolute Gasteiger partial charge is 0.469 e. The predicted octanol–water partition coefficient (Wildman–Crippen LogP) is 5.86. The lowest BCUT2D eigenvalue weighted by molar-refractivity contribution is -0.183. The van der Waals surface area contributed by atoms with Crippen LogP contribution in [-0.4, -0.2) is 74.1 Å². The summed E-state index contributed by atoms with van der Waals surface area (Å²) in [4.78, 5) is 11.4. The molecule has 0 unspecified atom stereocenters. The van der Waals surface area contributed by atoms with Crippen molar-refractivity contribution in [2.24, 2.45) is 0 Å². The van der Waals surface area contributed by atoms with Crippen LogP contribution in [0.25, 0.3) is 0 Å². The average Bonchev–Trinajstić information content (AvgIpc) is 2.62. The Balaban J connectivity index is 3.12. The average molecular weight is 525 g/mol. The van der Waals surface area contributed by atoms with Crippen LogP contribution in [0.3, 0.4) is 0 Å². The summed E-state index contributed by atoms with van der Waals surface area (Å²) < 4.78 is 31.7. The number of thioether (sulfide) groups is 1. The van der Waals surface area contributed by atoms with E-state index >= 15 is 0 Å². The van der Waals surface area contributed by atoms with Crippen LogP contribution in [0.15, 0.2) is 0 Å². The molecule has 0 radical (unpaired) electrons. The first-order valence-corrected chi connectivity index (χ1v) is 23.4. The molecule has 0 N–H and O–H groups in total. The number of carbonyl (C=O) groups is 1. The van der Waals surface area contributed by atoms with Gasteiger partial charge in [-0.2, -0.15) is 0 Å². The van der Waals surface area contributed by atoms with Gasteiger partial charge in [0.2, 0.25) is 0 Å². The van der Waals surface area contributed by atoms with Crippen LogP contribution in [-0.2, 0) is 27.5 Å². The quantitative estimate of drug-likeness (QED) is 0.170. The molecule has 10 heteroatoms. The third-order valence-corrected chi connectivity index (χ3v) is 8.67. The maximum atomic E-state index is 11.4. The van der Waals surface area contributed by atoms with Crippen molar-refractivity contribution in [1.82, 2.24) is 0 Å². The molecule has 190 valence electrons. The molecule has 1 fully saturated rings. The highest BCUT2D eigenvalue weighted by Crippen LogP contribution is 2.38. The molecule has 1 rings (SSSR count). The second kappa shape index (κ2) is 12.9. The summed E-state index contributed by atoms with van der Waals surface area (Å²) in [6.07, 6.45) is 5.77. The highest BCUT2D eigenvalue weighted by atomic mass is 32.2. The minimum Gasteiger partial charge on any atom is -0.469 e. The van der Waals surface area contributed by atoms with Crippen LogP contribution in [0.4, 0.5) is 0 Å². The first kappa shape index (κ1) is 30.3. The number of hydrogen-bond acceptors (Lipinski definition) is 7. The van der Waals surface area contributed by atoms with Crippen molar-refractivity contribution < 1.29 is 27.5 Å². The van der Waals surface area contributed by atoms with Crippen molar-refractivity contribution in [3.8, 4) is 0 Å². The molecule has 0 aliphatic carbocycles. The molecular formula is C22H48O6SSi3. The third kappa shape index (κ3) is 11.6. The number of unbranched alkanes of at least 4 members (excludes halogenated alkanes) is 2. The molecule has 0 amide bonds. The summed E-state index contributed by atoms with van der Waals surface area (Å²) >= 11 is 1.70. The van der Waals surface area contributed by atoms with Crippen molar-refractivity contribution >= 4 is 42.7 Å². The van der Waals surface area contributed by atoms with Crippen LogP contribution >= 0.6 is 11.8 Å². The Hall–Kier alpha value is 0.311. The van der Waals surface area contributed by atoms with Crippen molar-refractivity contribution in [1.29, 1.82) is 0 Å². The van der Waals surface area contributed by atoms with E-state index in [1.54, 1.807) is 11.8 Å². The monoisotopic (exact) mass is 524 g/mol. The molecule has 1 aliphatic rings. The number of rotatable bonds is 13. The van der Waals surface area contributed by atoms with Gasteiger partial charge >= 0.3 is 5.97 Å². The van der Waals surface area contributed by atoms with E-state index in [1.165, 1.54) is 7.11 Å². The van der Waals surface area contributed by atoms with Crippen LogP contribution in [0.2, 0.25) is 58.9 Å². The highest BCUT2D eigenvalue weighted by molar-refractivity contribution is 7.99. The van der Waals surface area contributed by atoms with E-state index in [1.807, 2.05) is 0 Å². The Labute approximate surface area is 204 Å². The fraction of sp³-hybridized carbons (Fsp3) is 0.955. The Kier molecular flexibility index (Phi) is 12.2. The number of hydrogen-bond donors (Lipinski definition) is 0. The summed E-state index contributed by atoms with van der Waals surface area (Å²) in [6.45, 7) is 20.0. The van der Waals surface area contributed by atoms with E-state index < -0.39 is 25.0 Å². The molecule has 0 aromatic carbocycles. The topological polar surface area (TPSA) is 63.2 Å². The minimum absolute atomic E-state index is 0.0415. The van der Waals surface area contributed by atoms with Gasteiger partial charge in [-0.05, 0) is 78.0 Å². The second-order valence-electron chi connectivity index (χ2n) is 11.5. The van der Waals surface area contributed by atoms with Gasteiger partial charge in [-0.25, -0.2) is 0 Å². The molecule has 0 aromatic heterocycles. The normalized spacial score (nSPS) is 27.4. The van der Waals surface area contributed by atoms with Crippen LogP contribution in [0.1, 0.15) is 32.1 Å². The van der Waals surface area contributed by atoms with Gasteiger partial charge in [0.05, 0.1) is 19.3 Å². The Bertz CT molecular complexity index is 573. The summed E-state index contributed by atoms with van der Waals surface area (Å²) in [6, 6.07) is 0. The van der Waals surface area contributed by atoms with Gasteiger partial charge < -0.3 is 22.8 Å². The Morgan fingerprint density at radius 2 is 1.28 bits per heavy atom. The number of methoxy groups -OCH3 is 1. The van der Waals surface area contributed by atoms with Crippen LogP contribution in [0.5, 0.6) is 0 Å². The van der Waals surface area contributed by atoms with E-state index in [9.17, 15) is 4.79 Å². The maximum Gasteiger partial charge on any atom is 0.305 e. The van der Waals surface area contributed by atoms with Gasteiger partial charge in [-0.15, -0.1) is 11.8 Å². The fourth-order valence-electron chi connectivity index (χ4n) is 3.82. The summed E-state index contributed by atoms with van der Waals surface area (Å²) in [5.74, 6) is -0.142. The first-order chi connectivity index (χ1) is 14.6. The van der Waals surface area contributed by atoms with E-state index in [4.69, 9.17) is 22.8 Å². The van der Waals surface area contributed by atoms with Gasteiger partial charge in [0.25, 0.3) is 0 Å². The zero-order valence-electron chi connectivity index (χ0n) is 22.3. The smallest absolute Gasteiger partial charge is 0.305 e. The van der Waals surface area contributed by atoms with Gasteiger partial charge in [-0.1, -0.05) is 12.8 Å². The van der Waals surface area contributed by atoms with E-state index in [-0.39, 0.29) is 35.8 Å². The summed E-state index contributed by atoms with van der Waals surface area (Å²) in [5, 5.41) is 0. The van der Waals surface area contributed by atoms with Crippen molar-refractivity contribution in [3.63, 3.8) is 0 Å². The molecule has 0 aromatic rings. The molecule has 32 heavy (non-hydrogen) atoms. The van der Waals surface area contributed by atoms with Gasteiger partial charge in [-0.3, -0.25) is 4.79 Å². The molecule has 1 saturated heterocycles. The maximum absolute atomic E-state index is 11.4. The minimum atomic E-state index is -1.86. The van der Waals surface area contributed by atoms with E-state index in [0.29, 0.717) is 6.42 Å².